The molecular weight excluding hydrogens is 318 g/mol. The number of piperazine rings is 1. The number of likely N-dealkylation sites (tertiary alicyclic amines) is 1. The molecule has 0 aromatic heterocycles. The second-order valence-electron chi connectivity index (χ2n) is 6.75. The molecule has 25 heavy (non-hydrogen) atoms. The van der Waals surface area contributed by atoms with E-state index in [1.165, 1.54) is 0 Å². The summed E-state index contributed by atoms with van der Waals surface area (Å²) in [6.07, 6.45) is 0.321. The predicted molar refractivity (Wildman–Crippen MR) is 95.2 cm³/mol. The molecule has 1 aromatic carbocycles. The highest BCUT2D eigenvalue weighted by atomic mass is 16.5. The minimum atomic E-state index is -0.213. The Bertz CT molecular complexity index is 626. The van der Waals surface area contributed by atoms with Crippen LogP contribution < -0.4 is 4.74 Å². The van der Waals surface area contributed by atoms with Crippen LogP contribution in [0.1, 0.15) is 18.9 Å². The SMILES string of the molecule is CCN1CCN(C(=O)[C@H]2CC(=O)N(Cc3ccccc3OC)C2)CC1. The zero-order chi connectivity index (χ0) is 17.8. The quantitative estimate of drug-likeness (QED) is 0.805. The van der Waals surface area contributed by atoms with Crippen molar-refractivity contribution in [2.24, 2.45) is 5.92 Å². The second kappa shape index (κ2) is 7.87. The maximum absolute atomic E-state index is 12.8. The minimum absolute atomic E-state index is 0.0523. The molecule has 1 atom stereocenters. The van der Waals surface area contributed by atoms with Crippen molar-refractivity contribution in [3.63, 3.8) is 0 Å². The number of hydrogen-bond donors (Lipinski definition) is 0. The Hall–Kier alpha value is -2.08. The first-order valence-corrected chi connectivity index (χ1v) is 9.03. The third-order valence-corrected chi connectivity index (χ3v) is 5.25. The minimum Gasteiger partial charge on any atom is -0.496 e. The third kappa shape index (κ3) is 3.95. The maximum Gasteiger partial charge on any atom is 0.228 e. The molecule has 0 bridgehead atoms. The van der Waals surface area contributed by atoms with Gasteiger partial charge in [-0.15, -0.1) is 0 Å². The number of methoxy groups -OCH3 is 1. The van der Waals surface area contributed by atoms with Gasteiger partial charge >= 0.3 is 0 Å². The van der Waals surface area contributed by atoms with Gasteiger partial charge in [0.2, 0.25) is 11.8 Å². The molecule has 0 spiro atoms. The Labute approximate surface area is 149 Å². The van der Waals surface area contributed by atoms with Crippen molar-refractivity contribution in [3.8, 4) is 5.75 Å². The lowest BCUT2D eigenvalue weighted by molar-refractivity contribution is -0.137. The number of hydrogen-bond acceptors (Lipinski definition) is 4. The Balaban J connectivity index is 1.59. The summed E-state index contributed by atoms with van der Waals surface area (Å²) >= 11 is 0. The molecule has 0 radical (unpaired) electrons. The number of amides is 2. The molecular formula is C19H27N3O3. The Kier molecular flexibility index (Phi) is 5.58. The normalized spacial score (nSPS) is 21.7. The molecule has 2 amide bonds. The van der Waals surface area contributed by atoms with Crippen LogP contribution in [-0.4, -0.2) is 72.9 Å². The van der Waals surface area contributed by atoms with Crippen molar-refractivity contribution in [1.82, 2.24) is 14.7 Å². The maximum atomic E-state index is 12.8. The van der Waals surface area contributed by atoms with E-state index < -0.39 is 0 Å². The van der Waals surface area contributed by atoms with E-state index in [0.29, 0.717) is 19.5 Å². The molecule has 6 heteroatoms. The molecule has 2 aliphatic rings. The Morgan fingerprint density at radius 2 is 1.92 bits per heavy atom. The van der Waals surface area contributed by atoms with Crippen LogP contribution in [0.5, 0.6) is 5.75 Å². The molecule has 1 aromatic rings. The van der Waals surface area contributed by atoms with Gasteiger partial charge in [-0.3, -0.25) is 9.59 Å². The van der Waals surface area contributed by atoms with E-state index in [9.17, 15) is 9.59 Å². The van der Waals surface area contributed by atoms with E-state index in [0.717, 1.165) is 44.0 Å². The van der Waals surface area contributed by atoms with E-state index in [1.807, 2.05) is 29.2 Å². The number of benzene rings is 1. The molecule has 136 valence electrons. The molecule has 2 heterocycles. The molecule has 0 unspecified atom stereocenters. The zero-order valence-electron chi connectivity index (χ0n) is 15.1. The molecule has 0 aliphatic carbocycles. The number of rotatable bonds is 5. The predicted octanol–water partition coefficient (Wildman–Crippen LogP) is 1.21. The lowest BCUT2D eigenvalue weighted by atomic mass is 10.1. The lowest BCUT2D eigenvalue weighted by Crippen LogP contribution is -2.50. The third-order valence-electron chi connectivity index (χ3n) is 5.25. The van der Waals surface area contributed by atoms with Crippen LogP contribution in [0.3, 0.4) is 0 Å². The standard InChI is InChI=1S/C19H27N3O3/c1-3-20-8-10-21(11-9-20)19(24)16-12-18(23)22(14-16)13-15-6-4-5-7-17(15)25-2/h4-7,16H,3,8-14H2,1-2H3/t16-/m0/s1. The van der Waals surface area contributed by atoms with Crippen molar-refractivity contribution in [3.05, 3.63) is 29.8 Å². The van der Waals surface area contributed by atoms with Gasteiger partial charge in [-0.25, -0.2) is 0 Å². The summed E-state index contributed by atoms with van der Waals surface area (Å²) in [5, 5.41) is 0. The first-order chi connectivity index (χ1) is 12.1. The van der Waals surface area contributed by atoms with E-state index in [1.54, 1.807) is 12.0 Å². The van der Waals surface area contributed by atoms with Crippen LogP contribution in [0.4, 0.5) is 0 Å². The number of carbonyl (C=O) groups is 2. The smallest absolute Gasteiger partial charge is 0.228 e. The van der Waals surface area contributed by atoms with Gasteiger partial charge in [0, 0.05) is 51.3 Å². The highest BCUT2D eigenvalue weighted by Gasteiger charge is 2.37. The van der Waals surface area contributed by atoms with E-state index >= 15 is 0 Å². The highest BCUT2D eigenvalue weighted by molar-refractivity contribution is 5.89. The van der Waals surface area contributed by atoms with Crippen molar-refractivity contribution in [2.75, 3.05) is 46.4 Å². The molecule has 2 saturated heterocycles. The summed E-state index contributed by atoms with van der Waals surface area (Å²) in [6, 6.07) is 7.71. The molecule has 6 nitrogen and oxygen atoms in total. The van der Waals surface area contributed by atoms with Gasteiger partial charge in [-0.05, 0) is 12.6 Å². The van der Waals surface area contributed by atoms with Gasteiger partial charge in [-0.2, -0.15) is 0 Å². The summed E-state index contributed by atoms with van der Waals surface area (Å²) in [4.78, 5) is 31.2. The monoisotopic (exact) mass is 345 g/mol. The van der Waals surface area contributed by atoms with Gasteiger partial charge < -0.3 is 19.4 Å². The number of para-hydroxylation sites is 1. The average Bonchev–Trinajstić information content (AvgIpc) is 3.02. The fraction of sp³-hybridized carbons (Fsp3) is 0.579. The van der Waals surface area contributed by atoms with Crippen molar-refractivity contribution in [2.45, 2.75) is 19.9 Å². The van der Waals surface area contributed by atoms with Gasteiger partial charge in [0.05, 0.1) is 13.0 Å². The average molecular weight is 345 g/mol. The van der Waals surface area contributed by atoms with Crippen LogP contribution >= 0.6 is 0 Å². The van der Waals surface area contributed by atoms with Crippen molar-refractivity contribution >= 4 is 11.8 Å². The van der Waals surface area contributed by atoms with Gasteiger partial charge in [-0.1, -0.05) is 25.1 Å². The van der Waals surface area contributed by atoms with Gasteiger partial charge in [0.25, 0.3) is 0 Å². The summed E-state index contributed by atoms with van der Waals surface area (Å²) in [5.74, 6) is 0.749. The number of ether oxygens (including phenoxy) is 1. The summed E-state index contributed by atoms with van der Waals surface area (Å²) in [7, 11) is 1.63. The van der Waals surface area contributed by atoms with Crippen LogP contribution in [-0.2, 0) is 16.1 Å². The fourth-order valence-corrected chi connectivity index (χ4v) is 3.67. The lowest BCUT2D eigenvalue weighted by Gasteiger charge is -2.35. The highest BCUT2D eigenvalue weighted by Crippen LogP contribution is 2.26. The van der Waals surface area contributed by atoms with Gasteiger partial charge in [0.1, 0.15) is 5.75 Å². The fourth-order valence-electron chi connectivity index (χ4n) is 3.67. The first kappa shape index (κ1) is 17.7. The first-order valence-electron chi connectivity index (χ1n) is 9.03. The van der Waals surface area contributed by atoms with E-state index in [-0.39, 0.29) is 17.7 Å². The van der Waals surface area contributed by atoms with Crippen molar-refractivity contribution in [1.29, 1.82) is 0 Å². The number of likely N-dealkylation sites (N-methyl/N-ethyl adjacent to an activating group) is 1. The molecule has 0 saturated carbocycles. The van der Waals surface area contributed by atoms with E-state index in [4.69, 9.17) is 4.74 Å². The van der Waals surface area contributed by atoms with Crippen LogP contribution in [0, 0.1) is 5.92 Å². The van der Waals surface area contributed by atoms with E-state index in [2.05, 4.69) is 11.8 Å². The largest absolute Gasteiger partial charge is 0.496 e. The Morgan fingerprint density at radius 3 is 2.60 bits per heavy atom. The summed E-state index contributed by atoms with van der Waals surface area (Å²) in [6.45, 7) is 7.55. The Morgan fingerprint density at radius 1 is 1.20 bits per heavy atom. The summed E-state index contributed by atoms with van der Waals surface area (Å²) in [5.41, 5.74) is 0.975. The number of carbonyl (C=O) groups excluding carboxylic acids is 2. The van der Waals surface area contributed by atoms with Crippen LogP contribution in [0.25, 0.3) is 0 Å². The molecule has 2 fully saturated rings. The van der Waals surface area contributed by atoms with Crippen LogP contribution in [0.2, 0.25) is 0 Å². The van der Waals surface area contributed by atoms with Gasteiger partial charge in [0.15, 0.2) is 0 Å². The molecule has 2 aliphatic heterocycles. The zero-order valence-corrected chi connectivity index (χ0v) is 15.1. The topological polar surface area (TPSA) is 53.1 Å². The molecule has 0 N–H and O–H groups in total. The number of nitrogens with zero attached hydrogens (tertiary/aromatic N) is 3. The van der Waals surface area contributed by atoms with Crippen LogP contribution in [0.15, 0.2) is 24.3 Å². The molecule has 3 rings (SSSR count). The second-order valence-corrected chi connectivity index (χ2v) is 6.75. The summed E-state index contributed by atoms with van der Waals surface area (Å²) < 4.78 is 5.36. The van der Waals surface area contributed by atoms with Crippen molar-refractivity contribution < 1.29 is 14.3 Å².